The van der Waals surface area contributed by atoms with Gasteiger partial charge in [-0.1, -0.05) is 31.0 Å². The van der Waals surface area contributed by atoms with E-state index in [0.29, 0.717) is 55.4 Å². The first-order chi connectivity index (χ1) is 23.7. The van der Waals surface area contributed by atoms with Gasteiger partial charge < -0.3 is 14.7 Å². The number of benzene rings is 2. The van der Waals surface area contributed by atoms with Crippen LogP contribution in [0.1, 0.15) is 101 Å². The molecule has 1 spiro atoms. The quantitative estimate of drug-likeness (QED) is 0.395. The fourth-order valence-electron chi connectivity index (χ4n) is 8.78. The van der Waals surface area contributed by atoms with Gasteiger partial charge >= 0.3 is 0 Å². The Morgan fingerprint density at radius 1 is 1.08 bits per heavy atom. The lowest BCUT2D eigenvalue weighted by Gasteiger charge is -2.50. The Balaban J connectivity index is 1.44. The van der Waals surface area contributed by atoms with Crippen LogP contribution in [0.3, 0.4) is 0 Å². The monoisotopic (exact) mass is 763 g/mol. The van der Waals surface area contributed by atoms with E-state index in [0.717, 1.165) is 25.7 Å². The van der Waals surface area contributed by atoms with Crippen molar-refractivity contribution in [1.82, 2.24) is 9.03 Å². The van der Waals surface area contributed by atoms with Crippen LogP contribution in [0.2, 0.25) is 5.02 Å². The molecular weight excluding hydrogens is 710 g/mol. The van der Waals surface area contributed by atoms with E-state index in [-0.39, 0.29) is 35.2 Å². The molecule has 2 aromatic rings. The molecule has 282 valence electrons. The molecule has 0 radical (unpaired) electrons. The van der Waals surface area contributed by atoms with E-state index in [1.807, 2.05) is 39.8 Å². The molecule has 51 heavy (non-hydrogen) atoms. The second-order valence-corrected chi connectivity index (χ2v) is 21.3. The van der Waals surface area contributed by atoms with Gasteiger partial charge in [0.2, 0.25) is 20.0 Å². The highest BCUT2D eigenvalue weighted by Gasteiger charge is 2.51. The molecule has 1 fully saturated rings. The fraction of sp³-hybridized carbons (Fsp3) is 0.658. The first kappa shape index (κ1) is 38.3. The lowest BCUT2D eigenvalue weighted by molar-refractivity contribution is -0.0725. The maximum atomic E-state index is 13.9. The number of aliphatic hydroxyl groups is 1. The Hall–Kier alpha value is -2.38. The van der Waals surface area contributed by atoms with Crippen molar-refractivity contribution in [3.8, 4) is 5.75 Å². The summed E-state index contributed by atoms with van der Waals surface area (Å²) in [5.74, 6) is -1.17. The molecule has 1 amide bonds. The molecule has 2 N–H and O–H groups in total. The summed E-state index contributed by atoms with van der Waals surface area (Å²) >= 11 is 6.44. The summed E-state index contributed by atoms with van der Waals surface area (Å²) in [4.78, 5) is 15.8. The van der Waals surface area contributed by atoms with Gasteiger partial charge in [0.05, 0.1) is 28.9 Å². The lowest BCUT2D eigenvalue weighted by atomic mass is 9.63. The van der Waals surface area contributed by atoms with Crippen LogP contribution in [0, 0.1) is 17.8 Å². The average Bonchev–Trinajstić information content (AvgIpc) is 3.17. The molecule has 2 aliphatic carbocycles. The van der Waals surface area contributed by atoms with Crippen molar-refractivity contribution in [2.45, 2.75) is 108 Å². The predicted molar refractivity (Wildman–Crippen MR) is 202 cm³/mol. The zero-order valence-electron chi connectivity index (χ0n) is 30.7. The molecular formula is C38H54ClN3O7S2. The number of rotatable bonds is 3. The van der Waals surface area contributed by atoms with Crippen molar-refractivity contribution in [3.63, 3.8) is 0 Å². The standard InChI is InChI=1S/C38H54ClN3O7S2/c1-25-9-7-18-38(44,24-50(45,46)41(6)36(3,4)5)32-14-11-29(32)21-42-22-37(17-8-10-27-19-30(39)13-15-31(27)37)23-49-34-16-12-28(20-33(34)42)35(43)40-51(47,48)26(25)2/h12-13,15-16,19-20,25-26,29,32,44H,7-11,14,17-18,21-24H2,1-6H3,(H,40,43)/t25-,26+,29-,32+,37-,38-/m0/s1. The highest BCUT2D eigenvalue weighted by molar-refractivity contribution is 7.90. The van der Waals surface area contributed by atoms with E-state index in [1.165, 1.54) is 15.4 Å². The number of sulfonamides is 2. The third-order valence-electron chi connectivity index (χ3n) is 12.5. The minimum atomic E-state index is -4.05. The van der Waals surface area contributed by atoms with E-state index >= 15 is 0 Å². The van der Waals surface area contributed by atoms with E-state index in [2.05, 4.69) is 15.7 Å². The molecule has 13 heteroatoms. The summed E-state index contributed by atoms with van der Waals surface area (Å²) in [6.07, 6.45) is 5.35. The molecule has 0 saturated heterocycles. The normalized spacial score (nSPS) is 31.5. The minimum Gasteiger partial charge on any atom is -0.490 e. The van der Waals surface area contributed by atoms with Gasteiger partial charge in [0.1, 0.15) is 5.75 Å². The van der Waals surface area contributed by atoms with Crippen LogP contribution in [0.15, 0.2) is 36.4 Å². The van der Waals surface area contributed by atoms with Crippen LogP contribution in [0.25, 0.3) is 0 Å². The second-order valence-electron chi connectivity index (χ2n) is 16.8. The van der Waals surface area contributed by atoms with Gasteiger partial charge in [0.15, 0.2) is 0 Å². The maximum Gasteiger partial charge on any atom is 0.264 e. The summed E-state index contributed by atoms with van der Waals surface area (Å²) in [7, 11) is -6.35. The van der Waals surface area contributed by atoms with Crippen molar-refractivity contribution < 1.29 is 31.5 Å². The van der Waals surface area contributed by atoms with Gasteiger partial charge in [-0.05, 0) is 132 Å². The topological polar surface area (TPSA) is 133 Å². The summed E-state index contributed by atoms with van der Waals surface area (Å²) in [5, 5.41) is 12.4. The number of carbonyl (C=O) groups excluding carboxylic acids is 1. The number of hydrogen-bond donors (Lipinski definition) is 2. The van der Waals surface area contributed by atoms with Gasteiger partial charge in [0, 0.05) is 41.7 Å². The third kappa shape index (κ3) is 7.54. The molecule has 0 aromatic heterocycles. The van der Waals surface area contributed by atoms with E-state index in [9.17, 15) is 26.7 Å². The number of nitrogens with zero attached hydrogens (tertiary/aromatic N) is 2. The minimum absolute atomic E-state index is 0.0245. The second kappa shape index (κ2) is 13.8. The molecule has 1 saturated carbocycles. The third-order valence-corrected chi connectivity index (χ3v) is 16.8. The number of hydrogen-bond acceptors (Lipinski definition) is 8. The summed E-state index contributed by atoms with van der Waals surface area (Å²) in [6, 6.07) is 11.1. The zero-order valence-corrected chi connectivity index (χ0v) is 33.1. The number of amides is 1. The van der Waals surface area contributed by atoms with Crippen molar-refractivity contribution in [3.05, 3.63) is 58.1 Å². The van der Waals surface area contributed by atoms with Crippen LogP contribution in [0.5, 0.6) is 5.75 Å². The smallest absolute Gasteiger partial charge is 0.264 e. The molecule has 0 unspecified atom stereocenters. The molecule has 6 atom stereocenters. The van der Waals surface area contributed by atoms with Gasteiger partial charge in [-0.3, -0.25) is 4.79 Å². The van der Waals surface area contributed by atoms with E-state index in [4.69, 9.17) is 16.3 Å². The van der Waals surface area contributed by atoms with Crippen LogP contribution in [-0.2, 0) is 31.9 Å². The number of ether oxygens (including phenoxy) is 1. The Bertz CT molecular complexity index is 1880. The Morgan fingerprint density at radius 2 is 1.82 bits per heavy atom. The van der Waals surface area contributed by atoms with Gasteiger partial charge in [-0.15, -0.1) is 0 Å². The number of anilines is 1. The van der Waals surface area contributed by atoms with Crippen molar-refractivity contribution in [2.24, 2.45) is 17.8 Å². The maximum absolute atomic E-state index is 13.9. The lowest BCUT2D eigenvalue weighted by Crippen LogP contribution is -2.57. The first-order valence-corrected chi connectivity index (χ1v) is 21.8. The molecule has 6 rings (SSSR count). The summed E-state index contributed by atoms with van der Waals surface area (Å²) in [6.45, 7) is 10.4. The highest BCUT2D eigenvalue weighted by Crippen LogP contribution is 2.49. The molecule has 4 aliphatic rings. The fourth-order valence-corrected chi connectivity index (χ4v) is 12.3. The van der Waals surface area contributed by atoms with Gasteiger partial charge in [-0.25, -0.2) is 21.6 Å². The zero-order chi connectivity index (χ0) is 37.1. The van der Waals surface area contributed by atoms with Crippen LogP contribution >= 0.6 is 11.6 Å². The Morgan fingerprint density at radius 3 is 2.51 bits per heavy atom. The number of aryl methyl sites for hydroxylation is 1. The molecule has 2 aliphatic heterocycles. The Kier molecular flexibility index (Phi) is 10.4. The number of halogens is 1. The molecule has 2 aromatic carbocycles. The Labute approximate surface area is 309 Å². The van der Waals surface area contributed by atoms with Crippen LogP contribution < -0.4 is 14.4 Å². The molecule has 2 heterocycles. The summed E-state index contributed by atoms with van der Waals surface area (Å²) in [5.41, 5.74) is 0.691. The first-order valence-electron chi connectivity index (χ1n) is 18.3. The number of carbonyl (C=O) groups is 1. The number of nitrogens with one attached hydrogen (secondary N) is 1. The van der Waals surface area contributed by atoms with E-state index in [1.54, 1.807) is 32.2 Å². The summed E-state index contributed by atoms with van der Waals surface area (Å²) < 4.78 is 65.0. The van der Waals surface area contributed by atoms with Crippen LogP contribution in [0.4, 0.5) is 5.69 Å². The predicted octanol–water partition coefficient (Wildman–Crippen LogP) is 5.90. The molecule has 2 bridgehead atoms. The van der Waals surface area contributed by atoms with Crippen molar-refractivity contribution >= 4 is 43.2 Å². The largest absolute Gasteiger partial charge is 0.490 e. The van der Waals surface area contributed by atoms with E-state index < -0.39 is 48.1 Å². The van der Waals surface area contributed by atoms with Crippen molar-refractivity contribution in [1.29, 1.82) is 0 Å². The van der Waals surface area contributed by atoms with Crippen LogP contribution in [-0.4, -0.2) is 81.0 Å². The van der Waals surface area contributed by atoms with Crippen molar-refractivity contribution in [2.75, 3.05) is 37.4 Å². The average molecular weight is 764 g/mol. The van der Waals surface area contributed by atoms with Gasteiger partial charge in [0.25, 0.3) is 5.91 Å². The number of fused-ring (bicyclic) bond motifs is 4. The highest BCUT2D eigenvalue weighted by atomic mass is 35.5. The SMILES string of the molecule is C[C@@H]1[C@@H](C)CCC[C@](O)(CS(=O)(=O)N(C)C(C)(C)C)[C@@H]2CC[C@H]2CN2C[C@@]3(CCCc4cc(Cl)ccc43)COc3ccc(cc32)C(=O)NS1(=O)=O. The van der Waals surface area contributed by atoms with Gasteiger partial charge in [-0.2, -0.15) is 4.31 Å². The molecule has 10 nitrogen and oxygen atoms in total.